The highest BCUT2D eigenvalue weighted by atomic mass is 16.6. The Labute approximate surface area is 206 Å². The van der Waals surface area contributed by atoms with Gasteiger partial charge in [-0.25, -0.2) is 4.79 Å². The van der Waals surface area contributed by atoms with Crippen LogP contribution >= 0.6 is 0 Å². The number of hydrogen-bond acceptors (Lipinski definition) is 4. The fraction of sp³-hybridized carbons (Fsp3) is 0.321. The number of anilines is 1. The first kappa shape index (κ1) is 25.7. The van der Waals surface area contributed by atoms with E-state index in [1.807, 2.05) is 74.5 Å². The van der Waals surface area contributed by atoms with Crippen LogP contribution in [0.4, 0.5) is 10.5 Å². The fourth-order valence-corrected chi connectivity index (χ4v) is 3.69. The number of aryl methyl sites for hydroxylation is 2. The van der Waals surface area contributed by atoms with Crippen molar-refractivity contribution in [2.24, 2.45) is 0 Å². The van der Waals surface area contributed by atoms with Crippen molar-refractivity contribution < 1.29 is 19.1 Å². The SMILES string of the molecule is Cc1ccc(C(C(=O)Nc2ccc3ccccc3c2)N(C)C(=O)CNC(=O)OC(C)(C)C)cc1C. The Balaban J connectivity index is 1.83. The van der Waals surface area contributed by atoms with Crippen molar-refractivity contribution in [3.05, 3.63) is 77.4 Å². The van der Waals surface area contributed by atoms with Crippen LogP contribution in [0.25, 0.3) is 10.8 Å². The van der Waals surface area contributed by atoms with Crippen molar-refractivity contribution in [1.29, 1.82) is 0 Å². The van der Waals surface area contributed by atoms with Crippen LogP contribution in [0.15, 0.2) is 60.7 Å². The summed E-state index contributed by atoms with van der Waals surface area (Å²) in [5, 5.41) is 7.49. The van der Waals surface area contributed by atoms with Crippen molar-refractivity contribution in [3.63, 3.8) is 0 Å². The summed E-state index contributed by atoms with van der Waals surface area (Å²) in [6, 6.07) is 18.3. The highest BCUT2D eigenvalue weighted by Crippen LogP contribution is 2.26. The molecule has 3 rings (SSSR count). The van der Waals surface area contributed by atoms with E-state index >= 15 is 0 Å². The molecule has 3 aromatic rings. The van der Waals surface area contributed by atoms with Gasteiger partial charge in [0.25, 0.3) is 5.91 Å². The highest BCUT2D eigenvalue weighted by molar-refractivity contribution is 6.00. The molecular formula is C28H33N3O4. The van der Waals surface area contributed by atoms with Crippen LogP contribution in [0.2, 0.25) is 0 Å². The molecule has 1 atom stereocenters. The van der Waals surface area contributed by atoms with Crippen LogP contribution in [0.3, 0.4) is 0 Å². The van der Waals surface area contributed by atoms with E-state index in [0.29, 0.717) is 11.3 Å². The molecule has 0 radical (unpaired) electrons. The van der Waals surface area contributed by atoms with Gasteiger partial charge in [-0.15, -0.1) is 0 Å². The van der Waals surface area contributed by atoms with Crippen LogP contribution in [0.5, 0.6) is 0 Å². The van der Waals surface area contributed by atoms with Crippen molar-refractivity contribution in [1.82, 2.24) is 10.2 Å². The second-order valence-electron chi connectivity index (χ2n) is 9.66. The minimum atomic E-state index is -0.895. The molecular weight excluding hydrogens is 442 g/mol. The van der Waals surface area contributed by atoms with Gasteiger partial charge in [0.05, 0.1) is 0 Å². The maximum atomic E-state index is 13.5. The maximum absolute atomic E-state index is 13.5. The molecule has 2 N–H and O–H groups in total. The number of nitrogens with one attached hydrogen (secondary N) is 2. The minimum absolute atomic E-state index is 0.296. The summed E-state index contributed by atoms with van der Waals surface area (Å²) < 4.78 is 5.20. The molecule has 0 heterocycles. The van der Waals surface area contributed by atoms with E-state index < -0.39 is 23.6 Å². The number of benzene rings is 3. The quantitative estimate of drug-likeness (QED) is 0.518. The summed E-state index contributed by atoms with van der Waals surface area (Å²) in [7, 11) is 1.55. The average molecular weight is 476 g/mol. The molecule has 0 fully saturated rings. The van der Waals surface area contributed by atoms with Gasteiger partial charge in [0, 0.05) is 12.7 Å². The molecule has 0 saturated heterocycles. The van der Waals surface area contributed by atoms with Gasteiger partial charge in [0.1, 0.15) is 18.2 Å². The van der Waals surface area contributed by atoms with Gasteiger partial charge < -0.3 is 20.3 Å². The molecule has 184 valence electrons. The fourth-order valence-electron chi connectivity index (χ4n) is 3.69. The Bertz CT molecular complexity index is 1250. The van der Waals surface area contributed by atoms with Gasteiger partial charge in [-0.2, -0.15) is 0 Å². The average Bonchev–Trinajstić information content (AvgIpc) is 2.78. The molecule has 0 bridgehead atoms. The Hall–Kier alpha value is -3.87. The summed E-state index contributed by atoms with van der Waals surface area (Å²) in [6.45, 7) is 8.89. The highest BCUT2D eigenvalue weighted by Gasteiger charge is 2.29. The summed E-state index contributed by atoms with van der Waals surface area (Å²) in [5.41, 5.74) is 2.73. The number of rotatable bonds is 6. The monoisotopic (exact) mass is 475 g/mol. The molecule has 7 heteroatoms. The topological polar surface area (TPSA) is 87.7 Å². The first-order valence-electron chi connectivity index (χ1n) is 11.5. The van der Waals surface area contributed by atoms with Crippen LogP contribution < -0.4 is 10.6 Å². The zero-order valence-electron chi connectivity index (χ0n) is 21.1. The summed E-state index contributed by atoms with van der Waals surface area (Å²) in [6.07, 6.45) is -0.692. The van der Waals surface area contributed by atoms with Crippen LogP contribution in [-0.4, -0.2) is 42.0 Å². The molecule has 3 amide bonds. The normalized spacial score (nSPS) is 12.1. The van der Waals surface area contributed by atoms with Gasteiger partial charge >= 0.3 is 6.09 Å². The molecule has 3 aromatic carbocycles. The molecule has 35 heavy (non-hydrogen) atoms. The van der Waals surface area contributed by atoms with Crippen molar-refractivity contribution in [2.75, 3.05) is 18.9 Å². The van der Waals surface area contributed by atoms with Crippen LogP contribution in [0.1, 0.15) is 43.5 Å². The van der Waals surface area contributed by atoms with E-state index in [1.54, 1.807) is 27.8 Å². The second-order valence-corrected chi connectivity index (χ2v) is 9.66. The van der Waals surface area contributed by atoms with Gasteiger partial charge in [-0.3, -0.25) is 9.59 Å². The van der Waals surface area contributed by atoms with E-state index in [1.165, 1.54) is 4.90 Å². The number of nitrogens with zero attached hydrogens (tertiary/aromatic N) is 1. The van der Waals surface area contributed by atoms with E-state index in [-0.39, 0.29) is 12.5 Å². The lowest BCUT2D eigenvalue weighted by molar-refractivity contribution is -0.136. The third-order valence-electron chi connectivity index (χ3n) is 5.68. The molecule has 0 aliphatic rings. The molecule has 7 nitrogen and oxygen atoms in total. The first-order chi connectivity index (χ1) is 16.4. The lowest BCUT2D eigenvalue weighted by atomic mass is 9.99. The number of amides is 3. The first-order valence-corrected chi connectivity index (χ1v) is 11.5. The molecule has 0 saturated carbocycles. The van der Waals surface area contributed by atoms with Crippen molar-refractivity contribution in [2.45, 2.75) is 46.3 Å². The Morgan fingerprint density at radius 2 is 1.60 bits per heavy atom. The Kier molecular flexibility index (Phi) is 7.79. The number of likely N-dealkylation sites (N-methyl/N-ethyl adjacent to an activating group) is 1. The molecule has 0 aliphatic carbocycles. The molecule has 1 unspecified atom stereocenters. The minimum Gasteiger partial charge on any atom is -0.444 e. The van der Waals surface area contributed by atoms with Crippen LogP contribution in [-0.2, 0) is 14.3 Å². The number of carbonyl (C=O) groups excluding carboxylic acids is 3. The summed E-state index contributed by atoms with van der Waals surface area (Å²) >= 11 is 0. The van der Waals surface area contributed by atoms with Crippen LogP contribution in [0, 0.1) is 13.8 Å². The van der Waals surface area contributed by atoms with Gasteiger partial charge in [0.15, 0.2) is 0 Å². The number of ether oxygens (including phenoxy) is 1. The van der Waals surface area contributed by atoms with Gasteiger partial charge in [0.2, 0.25) is 5.91 Å². The van der Waals surface area contributed by atoms with Gasteiger partial charge in [-0.1, -0.05) is 48.5 Å². The number of fused-ring (bicyclic) bond motifs is 1. The second kappa shape index (κ2) is 10.6. The van der Waals surface area contributed by atoms with E-state index in [4.69, 9.17) is 4.74 Å². The van der Waals surface area contributed by atoms with E-state index in [0.717, 1.165) is 21.9 Å². The van der Waals surface area contributed by atoms with E-state index in [2.05, 4.69) is 10.6 Å². The standard InChI is InChI=1S/C28H33N3O4/c1-18-11-12-22(15-19(18)2)25(31(6)24(32)17-29-27(34)35-28(3,4)5)26(33)30-23-14-13-20-9-7-8-10-21(20)16-23/h7-16,25H,17H2,1-6H3,(H,29,34)(H,30,33). The zero-order chi connectivity index (χ0) is 25.8. The molecule has 0 aliphatic heterocycles. The molecule has 0 aromatic heterocycles. The Morgan fingerprint density at radius 1 is 0.914 bits per heavy atom. The van der Waals surface area contributed by atoms with E-state index in [9.17, 15) is 14.4 Å². The summed E-state index contributed by atoms with van der Waals surface area (Å²) in [5.74, 6) is -0.774. The Morgan fingerprint density at radius 3 is 2.26 bits per heavy atom. The maximum Gasteiger partial charge on any atom is 0.408 e. The lowest BCUT2D eigenvalue weighted by Gasteiger charge is -2.28. The summed E-state index contributed by atoms with van der Waals surface area (Å²) in [4.78, 5) is 39.8. The van der Waals surface area contributed by atoms with Gasteiger partial charge in [-0.05, 0) is 74.2 Å². The number of alkyl carbamates (subject to hydrolysis) is 1. The third-order valence-corrected chi connectivity index (χ3v) is 5.68. The number of carbonyl (C=O) groups is 3. The lowest BCUT2D eigenvalue weighted by Crippen LogP contribution is -2.44. The predicted molar refractivity (Wildman–Crippen MR) is 138 cm³/mol. The third kappa shape index (κ3) is 6.82. The van der Waals surface area contributed by atoms with Crippen molar-refractivity contribution >= 4 is 34.4 Å². The molecule has 0 spiro atoms. The largest absolute Gasteiger partial charge is 0.444 e. The number of hydrogen-bond donors (Lipinski definition) is 2. The predicted octanol–water partition coefficient (Wildman–Crippen LogP) is 5.12. The smallest absolute Gasteiger partial charge is 0.408 e. The zero-order valence-corrected chi connectivity index (χ0v) is 21.1. The van der Waals surface area contributed by atoms with Crippen molar-refractivity contribution in [3.8, 4) is 0 Å².